The Morgan fingerprint density at radius 1 is 0.868 bits per heavy atom. The maximum absolute atomic E-state index is 13.9. The zero-order valence-corrected chi connectivity index (χ0v) is 22.9. The Morgan fingerprint density at radius 2 is 1.55 bits per heavy atom. The number of carbonyl (C=O) groups is 2. The molecule has 0 bridgehead atoms. The zero-order chi connectivity index (χ0) is 27.3. The van der Waals surface area contributed by atoms with Crippen molar-refractivity contribution in [1.29, 1.82) is 0 Å². The zero-order valence-electron chi connectivity index (χ0n) is 22.1. The minimum absolute atomic E-state index is 0.0934. The highest BCUT2D eigenvalue weighted by Crippen LogP contribution is 2.28. The lowest BCUT2D eigenvalue weighted by molar-refractivity contribution is -0.140. The predicted octanol–water partition coefficient (Wildman–Crippen LogP) is 4.69. The molecule has 0 radical (unpaired) electrons. The van der Waals surface area contributed by atoms with Crippen LogP contribution in [-0.2, 0) is 33.7 Å². The molecule has 0 unspecified atom stereocenters. The second-order valence-electron chi connectivity index (χ2n) is 8.86. The van der Waals surface area contributed by atoms with Gasteiger partial charge in [0.05, 0.1) is 20.6 Å². The van der Waals surface area contributed by atoms with Crippen molar-refractivity contribution in [3.05, 3.63) is 94.5 Å². The van der Waals surface area contributed by atoms with Gasteiger partial charge in [-0.1, -0.05) is 60.1 Å². The first-order chi connectivity index (χ1) is 18.4. The third-order valence-corrected chi connectivity index (χ3v) is 6.42. The molecule has 38 heavy (non-hydrogen) atoms. The van der Waals surface area contributed by atoms with Crippen LogP contribution in [0.3, 0.4) is 0 Å². The number of carbonyl (C=O) groups excluding carboxylic acids is 2. The molecule has 0 heterocycles. The summed E-state index contributed by atoms with van der Waals surface area (Å²) >= 11 is 6.10. The van der Waals surface area contributed by atoms with Crippen molar-refractivity contribution >= 4 is 23.4 Å². The molecular weight excluding hydrogens is 504 g/mol. The Morgan fingerprint density at radius 3 is 2.21 bits per heavy atom. The molecule has 1 atom stereocenters. The van der Waals surface area contributed by atoms with Crippen LogP contribution in [0, 0.1) is 0 Å². The molecule has 3 aromatic rings. The van der Waals surface area contributed by atoms with Gasteiger partial charge >= 0.3 is 0 Å². The first kappa shape index (κ1) is 29.0. The highest BCUT2D eigenvalue weighted by atomic mass is 35.5. The maximum atomic E-state index is 13.9. The molecule has 0 aliphatic heterocycles. The summed E-state index contributed by atoms with van der Waals surface area (Å²) in [4.78, 5) is 29.1. The predicted molar refractivity (Wildman–Crippen MR) is 149 cm³/mol. The number of benzene rings is 3. The molecule has 0 aliphatic rings. The van der Waals surface area contributed by atoms with E-state index in [0.29, 0.717) is 42.5 Å². The van der Waals surface area contributed by atoms with Crippen LogP contribution in [0.1, 0.15) is 23.1 Å². The van der Waals surface area contributed by atoms with Crippen molar-refractivity contribution in [3.63, 3.8) is 0 Å². The lowest BCUT2D eigenvalue weighted by atomic mass is 10.0. The smallest absolute Gasteiger partial charge is 0.243 e. The topological polar surface area (TPSA) is 77.1 Å². The number of nitrogens with zero attached hydrogens (tertiary/aromatic N) is 1. The van der Waals surface area contributed by atoms with Crippen molar-refractivity contribution in [1.82, 2.24) is 10.2 Å². The molecule has 0 spiro atoms. The molecule has 0 aromatic heterocycles. The summed E-state index contributed by atoms with van der Waals surface area (Å²) in [7, 11) is 4.75. The number of rotatable bonds is 14. The minimum atomic E-state index is -0.719. The Balaban J connectivity index is 1.93. The highest BCUT2D eigenvalue weighted by molar-refractivity contribution is 6.30. The monoisotopic (exact) mass is 538 g/mol. The van der Waals surface area contributed by atoms with Gasteiger partial charge < -0.3 is 24.4 Å². The second kappa shape index (κ2) is 15.0. The van der Waals surface area contributed by atoms with E-state index in [1.54, 1.807) is 50.5 Å². The van der Waals surface area contributed by atoms with Gasteiger partial charge in [0.25, 0.3) is 0 Å². The number of hydrogen-bond acceptors (Lipinski definition) is 5. The Kier molecular flexibility index (Phi) is 11.5. The number of amides is 2. The number of ether oxygens (including phenoxy) is 3. The van der Waals surface area contributed by atoms with Gasteiger partial charge in [0.2, 0.25) is 11.8 Å². The third kappa shape index (κ3) is 8.50. The van der Waals surface area contributed by atoms with E-state index < -0.39 is 6.04 Å². The normalized spacial score (nSPS) is 11.5. The van der Waals surface area contributed by atoms with Crippen molar-refractivity contribution in [2.24, 2.45) is 0 Å². The van der Waals surface area contributed by atoms with Gasteiger partial charge in [-0.05, 0) is 47.4 Å². The fraction of sp³-hybridized carbons (Fsp3) is 0.333. The van der Waals surface area contributed by atoms with Gasteiger partial charge in [-0.3, -0.25) is 9.59 Å². The third-order valence-electron chi connectivity index (χ3n) is 6.17. The van der Waals surface area contributed by atoms with Gasteiger partial charge in [-0.15, -0.1) is 0 Å². The van der Waals surface area contributed by atoms with E-state index in [-0.39, 0.29) is 24.8 Å². The van der Waals surface area contributed by atoms with E-state index in [4.69, 9.17) is 25.8 Å². The molecule has 3 aromatic carbocycles. The lowest BCUT2D eigenvalue weighted by Gasteiger charge is -2.32. The number of halogens is 1. The fourth-order valence-corrected chi connectivity index (χ4v) is 4.28. The number of nitrogens with one attached hydrogen (secondary N) is 1. The SMILES string of the molecule is COCCCNC(=O)[C@H](Cc1ccccc1)N(Cc1ccc(Cl)cc1)C(=O)Cc1ccc(OC)c(OC)c1. The van der Waals surface area contributed by atoms with Gasteiger partial charge in [-0.2, -0.15) is 0 Å². The van der Waals surface area contributed by atoms with Crippen LogP contribution in [0.2, 0.25) is 5.02 Å². The molecule has 0 saturated carbocycles. The largest absolute Gasteiger partial charge is 0.493 e. The Bertz CT molecular complexity index is 1170. The standard InChI is InChI=1S/C30H35ClN2O5/c1-36-17-7-16-32-30(35)26(18-22-8-5-4-6-9-22)33(21-23-10-13-25(31)14-11-23)29(34)20-24-12-15-27(37-2)28(19-24)38-3/h4-6,8-15,19,26H,7,16-18,20-21H2,1-3H3,(H,32,35)/t26-/m0/s1. The van der Waals surface area contributed by atoms with Crippen LogP contribution in [0.4, 0.5) is 0 Å². The van der Waals surface area contributed by atoms with Crippen molar-refractivity contribution < 1.29 is 23.8 Å². The second-order valence-corrected chi connectivity index (χ2v) is 9.29. The van der Waals surface area contributed by atoms with Crippen LogP contribution in [-0.4, -0.2) is 57.2 Å². The van der Waals surface area contributed by atoms with Gasteiger partial charge in [-0.25, -0.2) is 0 Å². The van der Waals surface area contributed by atoms with Crippen molar-refractivity contribution in [2.75, 3.05) is 34.5 Å². The molecule has 0 fully saturated rings. The van der Waals surface area contributed by atoms with Gasteiger partial charge in [0.1, 0.15) is 6.04 Å². The van der Waals surface area contributed by atoms with Crippen LogP contribution < -0.4 is 14.8 Å². The van der Waals surface area contributed by atoms with Crippen molar-refractivity contribution in [3.8, 4) is 11.5 Å². The molecule has 0 aliphatic carbocycles. The van der Waals surface area contributed by atoms with E-state index >= 15 is 0 Å². The van der Waals surface area contributed by atoms with E-state index in [1.807, 2.05) is 48.5 Å². The van der Waals surface area contributed by atoms with Crippen LogP contribution >= 0.6 is 11.6 Å². The summed E-state index contributed by atoms with van der Waals surface area (Å²) in [6.45, 7) is 1.25. The summed E-state index contributed by atoms with van der Waals surface area (Å²) in [5.41, 5.74) is 2.59. The first-order valence-electron chi connectivity index (χ1n) is 12.5. The molecule has 7 nitrogen and oxygen atoms in total. The van der Waals surface area contributed by atoms with E-state index in [9.17, 15) is 9.59 Å². The van der Waals surface area contributed by atoms with Gasteiger partial charge in [0.15, 0.2) is 11.5 Å². The highest BCUT2D eigenvalue weighted by Gasteiger charge is 2.30. The average molecular weight is 539 g/mol. The summed E-state index contributed by atoms with van der Waals surface area (Å²) in [6, 6.07) is 21.7. The van der Waals surface area contributed by atoms with E-state index in [0.717, 1.165) is 16.7 Å². The lowest BCUT2D eigenvalue weighted by Crippen LogP contribution is -2.51. The quantitative estimate of drug-likeness (QED) is 0.301. The number of methoxy groups -OCH3 is 3. The average Bonchev–Trinajstić information content (AvgIpc) is 2.94. The van der Waals surface area contributed by atoms with Crippen LogP contribution in [0.15, 0.2) is 72.8 Å². The molecular formula is C30H35ClN2O5. The molecule has 202 valence electrons. The maximum Gasteiger partial charge on any atom is 0.243 e. The summed E-state index contributed by atoms with van der Waals surface area (Å²) in [5, 5.41) is 3.60. The molecule has 3 rings (SSSR count). The number of hydrogen-bond donors (Lipinski definition) is 1. The van der Waals surface area contributed by atoms with Crippen LogP contribution in [0.25, 0.3) is 0 Å². The fourth-order valence-electron chi connectivity index (χ4n) is 4.15. The van der Waals surface area contributed by atoms with Crippen LogP contribution in [0.5, 0.6) is 11.5 Å². The Hall–Kier alpha value is -3.55. The summed E-state index contributed by atoms with van der Waals surface area (Å²) in [6.07, 6.45) is 1.15. The van der Waals surface area contributed by atoms with Crippen molar-refractivity contribution in [2.45, 2.75) is 31.8 Å². The Labute approximate surface area is 229 Å². The molecule has 2 amide bonds. The molecule has 1 N–H and O–H groups in total. The van der Waals surface area contributed by atoms with Gasteiger partial charge in [0, 0.05) is 38.2 Å². The first-order valence-corrected chi connectivity index (χ1v) is 12.9. The summed E-state index contributed by atoms with van der Waals surface area (Å²) < 4.78 is 15.9. The summed E-state index contributed by atoms with van der Waals surface area (Å²) in [5.74, 6) is 0.734. The molecule has 0 saturated heterocycles. The van der Waals surface area contributed by atoms with E-state index in [2.05, 4.69) is 5.32 Å². The van der Waals surface area contributed by atoms with E-state index in [1.165, 1.54) is 0 Å². The molecule has 8 heteroatoms. The minimum Gasteiger partial charge on any atom is -0.493 e.